The Kier molecular flexibility index (Phi) is 6.13. The number of hydrogen-bond donors (Lipinski definition) is 0. The zero-order valence-corrected chi connectivity index (χ0v) is 16.5. The quantitative estimate of drug-likeness (QED) is 0.799. The van der Waals surface area contributed by atoms with E-state index in [1.54, 1.807) is 11.8 Å². The van der Waals surface area contributed by atoms with Crippen LogP contribution >= 0.6 is 0 Å². The summed E-state index contributed by atoms with van der Waals surface area (Å²) < 4.78 is 5.04. The van der Waals surface area contributed by atoms with E-state index in [4.69, 9.17) is 4.74 Å². The second kappa shape index (κ2) is 8.54. The van der Waals surface area contributed by atoms with Gasteiger partial charge in [-0.05, 0) is 39.7 Å². The molecular formula is C19H29N5O3. The number of aryl methyl sites for hydroxylation is 2. The lowest BCUT2D eigenvalue weighted by Gasteiger charge is -2.38. The van der Waals surface area contributed by atoms with Gasteiger partial charge in [-0.3, -0.25) is 4.79 Å². The smallest absolute Gasteiger partial charge is 0.409 e. The third-order valence-corrected chi connectivity index (χ3v) is 5.14. The lowest BCUT2D eigenvalue weighted by molar-refractivity contribution is -0.137. The van der Waals surface area contributed by atoms with Gasteiger partial charge in [-0.25, -0.2) is 14.8 Å². The summed E-state index contributed by atoms with van der Waals surface area (Å²) in [6.45, 7) is 9.82. The van der Waals surface area contributed by atoms with E-state index in [1.165, 1.54) is 0 Å². The minimum Gasteiger partial charge on any atom is -0.450 e. The molecule has 2 saturated heterocycles. The molecule has 1 aromatic rings. The van der Waals surface area contributed by atoms with Crippen LogP contribution in [0.3, 0.4) is 0 Å². The topological polar surface area (TPSA) is 78.9 Å². The number of carbonyl (C=O) groups excluding carboxylic acids is 2. The molecule has 8 heteroatoms. The molecule has 1 aromatic heterocycles. The molecule has 0 aromatic carbocycles. The van der Waals surface area contributed by atoms with Gasteiger partial charge in [-0.1, -0.05) is 0 Å². The van der Waals surface area contributed by atoms with E-state index in [0.29, 0.717) is 39.3 Å². The van der Waals surface area contributed by atoms with Gasteiger partial charge in [0, 0.05) is 50.7 Å². The Bertz CT molecular complexity index is 668. The number of rotatable bonds is 3. The normalized spacial score (nSPS) is 20.6. The highest BCUT2D eigenvalue weighted by molar-refractivity contribution is 5.80. The third kappa shape index (κ3) is 4.67. The van der Waals surface area contributed by atoms with Crippen molar-refractivity contribution in [3.8, 4) is 0 Å². The average Bonchev–Trinajstić information content (AvgIpc) is 2.67. The molecule has 0 aliphatic carbocycles. The van der Waals surface area contributed by atoms with E-state index in [1.807, 2.05) is 24.8 Å². The van der Waals surface area contributed by atoms with E-state index in [0.717, 1.165) is 36.7 Å². The lowest BCUT2D eigenvalue weighted by Crippen LogP contribution is -2.54. The molecule has 0 radical (unpaired) electrons. The monoisotopic (exact) mass is 375 g/mol. The summed E-state index contributed by atoms with van der Waals surface area (Å²) in [5.74, 6) is 0.849. The fraction of sp³-hybridized carbons (Fsp3) is 0.684. The number of aromatic nitrogens is 2. The molecule has 0 bridgehead atoms. The largest absolute Gasteiger partial charge is 0.450 e. The Hall–Kier alpha value is -2.38. The van der Waals surface area contributed by atoms with E-state index in [-0.39, 0.29) is 17.9 Å². The molecule has 3 heterocycles. The van der Waals surface area contributed by atoms with Crippen LogP contribution in [0.4, 0.5) is 10.7 Å². The Morgan fingerprint density at radius 2 is 1.70 bits per heavy atom. The van der Waals surface area contributed by atoms with Gasteiger partial charge >= 0.3 is 6.09 Å². The molecule has 2 aliphatic heterocycles. The maximum Gasteiger partial charge on any atom is 0.409 e. The fourth-order valence-electron chi connectivity index (χ4n) is 3.79. The van der Waals surface area contributed by atoms with Crippen LogP contribution in [0.15, 0.2) is 6.07 Å². The molecule has 0 spiro atoms. The lowest BCUT2D eigenvalue weighted by atomic mass is 9.96. The summed E-state index contributed by atoms with van der Waals surface area (Å²) in [5, 5.41) is 0. The fourth-order valence-corrected chi connectivity index (χ4v) is 3.79. The highest BCUT2D eigenvalue weighted by atomic mass is 16.6. The first-order valence-electron chi connectivity index (χ1n) is 9.75. The molecule has 0 saturated carbocycles. The summed E-state index contributed by atoms with van der Waals surface area (Å²) in [4.78, 5) is 39.6. The number of nitrogens with zero attached hydrogens (tertiary/aromatic N) is 5. The SMILES string of the molecule is CCOC(=O)N1CCN(C(=O)[C@H]2CCCN(c3nc(C)cc(C)n3)C2)CC1. The van der Waals surface area contributed by atoms with Crippen LogP contribution in [0.2, 0.25) is 0 Å². The van der Waals surface area contributed by atoms with Crippen LogP contribution in [0.25, 0.3) is 0 Å². The van der Waals surface area contributed by atoms with Crippen LogP contribution in [0.1, 0.15) is 31.2 Å². The van der Waals surface area contributed by atoms with Crippen molar-refractivity contribution in [1.29, 1.82) is 0 Å². The number of piperidine rings is 1. The summed E-state index contributed by atoms with van der Waals surface area (Å²) in [7, 11) is 0. The van der Waals surface area contributed by atoms with E-state index in [9.17, 15) is 9.59 Å². The number of carbonyl (C=O) groups is 2. The molecule has 2 aliphatic rings. The van der Waals surface area contributed by atoms with Gasteiger partial charge < -0.3 is 19.4 Å². The summed E-state index contributed by atoms with van der Waals surface area (Å²) in [6.07, 6.45) is 1.55. The minimum absolute atomic E-state index is 0.0442. The van der Waals surface area contributed by atoms with Crippen molar-refractivity contribution in [2.24, 2.45) is 5.92 Å². The van der Waals surface area contributed by atoms with Gasteiger partial charge in [0.25, 0.3) is 0 Å². The first-order chi connectivity index (χ1) is 13.0. The third-order valence-electron chi connectivity index (χ3n) is 5.14. The van der Waals surface area contributed by atoms with Crippen LogP contribution in [0, 0.1) is 19.8 Å². The summed E-state index contributed by atoms with van der Waals surface area (Å²) >= 11 is 0. The van der Waals surface area contributed by atoms with Gasteiger partial charge in [0.15, 0.2) is 0 Å². The molecule has 0 N–H and O–H groups in total. The number of hydrogen-bond acceptors (Lipinski definition) is 6. The standard InChI is InChI=1S/C19H29N5O3/c1-4-27-19(26)23-10-8-22(9-11-23)17(25)16-6-5-7-24(13-16)18-20-14(2)12-15(3)21-18/h12,16H,4-11,13H2,1-3H3/t16-/m0/s1. The van der Waals surface area contributed by atoms with Crippen LogP contribution in [0.5, 0.6) is 0 Å². The molecule has 2 amide bonds. The Balaban J connectivity index is 1.58. The number of anilines is 1. The van der Waals surface area contributed by atoms with Crippen LogP contribution in [-0.4, -0.2) is 77.6 Å². The molecular weight excluding hydrogens is 346 g/mol. The van der Waals surface area contributed by atoms with Crippen molar-refractivity contribution in [2.75, 3.05) is 50.8 Å². The van der Waals surface area contributed by atoms with Crippen LogP contribution in [-0.2, 0) is 9.53 Å². The maximum atomic E-state index is 13.0. The Labute approximate surface area is 160 Å². The molecule has 1 atom stereocenters. The zero-order valence-electron chi connectivity index (χ0n) is 16.5. The molecule has 2 fully saturated rings. The average molecular weight is 375 g/mol. The van der Waals surface area contributed by atoms with Gasteiger partial charge in [0.1, 0.15) is 0 Å². The first-order valence-corrected chi connectivity index (χ1v) is 9.75. The van der Waals surface area contributed by atoms with Crippen LogP contribution < -0.4 is 4.90 Å². The minimum atomic E-state index is -0.291. The summed E-state index contributed by atoms with van der Waals surface area (Å²) in [5.41, 5.74) is 1.89. The highest BCUT2D eigenvalue weighted by Crippen LogP contribution is 2.23. The number of amides is 2. The number of piperazine rings is 1. The van der Waals surface area contributed by atoms with E-state index in [2.05, 4.69) is 14.9 Å². The van der Waals surface area contributed by atoms with E-state index < -0.39 is 0 Å². The zero-order chi connectivity index (χ0) is 19.4. The second-order valence-electron chi connectivity index (χ2n) is 7.25. The van der Waals surface area contributed by atoms with Crippen molar-refractivity contribution in [2.45, 2.75) is 33.6 Å². The van der Waals surface area contributed by atoms with Gasteiger partial charge in [0.2, 0.25) is 11.9 Å². The molecule has 8 nitrogen and oxygen atoms in total. The maximum absolute atomic E-state index is 13.0. The van der Waals surface area contributed by atoms with Crippen molar-refractivity contribution < 1.29 is 14.3 Å². The molecule has 27 heavy (non-hydrogen) atoms. The predicted molar refractivity (Wildman–Crippen MR) is 102 cm³/mol. The van der Waals surface area contributed by atoms with Crippen molar-refractivity contribution in [1.82, 2.24) is 19.8 Å². The first kappa shape index (κ1) is 19.4. The number of ether oxygens (including phenoxy) is 1. The second-order valence-corrected chi connectivity index (χ2v) is 7.25. The van der Waals surface area contributed by atoms with E-state index >= 15 is 0 Å². The molecule has 0 unspecified atom stereocenters. The van der Waals surface area contributed by atoms with Gasteiger partial charge in [-0.2, -0.15) is 0 Å². The van der Waals surface area contributed by atoms with Crippen molar-refractivity contribution in [3.05, 3.63) is 17.5 Å². The Morgan fingerprint density at radius 1 is 1.07 bits per heavy atom. The van der Waals surface area contributed by atoms with Gasteiger partial charge in [-0.15, -0.1) is 0 Å². The molecule has 148 valence electrons. The van der Waals surface area contributed by atoms with Crippen molar-refractivity contribution in [3.63, 3.8) is 0 Å². The van der Waals surface area contributed by atoms with Gasteiger partial charge in [0.05, 0.1) is 12.5 Å². The molecule has 3 rings (SSSR count). The predicted octanol–water partition coefficient (Wildman–Crippen LogP) is 1.61. The Morgan fingerprint density at radius 3 is 2.33 bits per heavy atom. The van der Waals surface area contributed by atoms with Crippen molar-refractivity contribution >= 4 is 17.9 Å². The highest BCUT2D eigenvalue weighted by Gasteiger charge is 2.32. The summed E-state index contributed by atoms with van der Waals surface area (Å²) in [6, 6.07) is 1.96.